The molecule has 0 aliphatic heterocycles. The van der Waals surface area contributed by atoms with Crippen molar-refractivity contribution in [2.24, 2.45) is 5.92 Å². The molecule has 0 spiro atoms. The minimum Gasteiger partial charge on any atom is -0.391 e. The molecule has 6 heteroatoms. The standard InChI is InChI=1S/C12H21NO3S2/c1-5-13(6-9(2)3)18(15,16)12-10(4)8-17-11(12)7-14/h8-9,14H,5-7H2,1-4H3. The number of aliphatic hydroxyl groups is 1. The number of hydrogen-bond donors (Lipinski definition) is 1. The molecule has 1 heterocycles. The molecule has 4 nitrogen and oxygen atoms in total. The Bertz CT molecular complexity index is 491. The lowest BCUT2D eigenvalue weighted by molar-refractivity contribution is 0.282. The molecule has 0 aliphatic carbocycles. The van der Waals surface area contributed by atoms with Gasteiger partial charge >= 0.3 is 0 Å². The fourth-order valence-corrected chi connectivity index (χ4v) is 5.10. The van der Waals surface area contributed by atoms with Crippen LogP contribution in [0.5, 0.6) is 0 Å². The van der Waals surface area contributed by atoms with E-state index in [-0.39, 0.29) is 17.4 Å². The summed E-state index contributed by atoms with van der Waals surface area (Å²) in [6, 6.07) is 0. The second kappa shape index (κ2) is 6.14. The summed E-state index contributed by atoms with van der Waals surface area (Å²) in [5.74, 6) is 0.274. The number of rotatable bonds is 6. The van der Waals surface area contributed by atoms with E-state index in [1.54, 1.807) is 12.3 Å². The highest BCUT2D eigenvalue weighted by Gasteiger charge is 2.28. The second-order valence-electron chi connectivity index (χ2n) is 4.68. The maximum absolute atomic E-state index is 12.6. The molecule has 0 atom stereocenters. The first-order chi connectivity index (χ1) is 8.34. The number of thiophene rings is 1. The van der Waals surface area contributed by atoms with E-state index < -0.39 is 10.0 Å². The first-order valence-corrected chi connectivity index (χ1v) is 8.34. The summed E-state index contributed by atoms with van der Waals surface area (Å²) in [5.41, 5.74) is 0.714. The lowest BCUT2D eigenvalue weighted by Crippen LogP contribution is -2.34. The molecule has 0 bridgehead atoms. The van der Waals surface area contributed by atoms with Gasteiger partial charge in [-0.15, -0.1) is 11.3 Å². The molecule has 1 aromatic heterocycles. The molecule has 0 saturated heterocycles. The van der Waals surface area contributed by atoms with Crippen molar-refractivity contribution in [1.29, 1.82) is 0 Å². The highest BCUT2D eigenvalue weighted by atomic mass is 32.2. The van der Waals surface area contributed by atoms with Crippen molar-refractivity contribution in [3.8, 4) is 0 Å². The van der Waals surface area contributed by atoms with E-state index >= 15 is 0 Å². The number of hydrogen-bond acceptors (Lipinski definition) is 4. The highest BCUT2D eigenvalue weighted by molar-refractivity contribution is 7.89. The summed E-state index contributed by atoms with van der Waals surface area (Å²) in [7, 11) is -3.49. The van der Waals surface area contributed by atoms with Gasteiger partial charge in [0, 0.05) is 13.1 Å². The number of nitrogens with zero attached hydrogens (tertiary/aromatic N) is 1. The van der Waals surface area contributed by atoms with Gasteiger partial charge in [-0.25, -0.2) is 8.42 Å². The van der Waals surface area contributed by atoms with Gasteiger partial charge in [0.2, 0.25) is 10.0 Å². The maximum Gasteiger partial charge on any atom is 0.244 e. The topological polar surface area (TPSA) is 57.6 Å². The van der Waals surface area contributed by atoms with Crippen molar-refractivity contribution >= 4 is 21.4 Å². The highest BCUT2D eigenvalue weighted by Crippen LogP contribution is 2.29. The Morgan fingerprint density at radius 1 is 1.44 bits per heavy atom. The van der Waals surface area contributed by atoms with Crippen molar-refractivity contribution in [2.45, 2.75) is 39.2 Å². The van der Waals surface area contributed by atoms with E-state index in [4.69, 9.17) is 0 Å². The first-order valence-electron chi connectivity index (χ1n) is 6.02. The van der Waals surface area contributed by atoms with Crippen LogP contribution >= 0.6 is 11.3 Å². The second-order valence-corrected chi connectivity index (χ2v) is 7.52. The van der Waals surface area contributed by atoms with Crippen molar-refractivity contribution in [2.75, 3.05) is 13.1 Å². The van der Waals surface area contributed by atoms with Gasteiger partial charge in [-0.3, -0.25) is 0 Å². The monoisotopic (exact) mass is 291 g/mol. The Labute approximate surface area is 113 Å². The average Bonchev–Trinajstić information content (AvgIpc) is 2.67. The van der Waals surface area contributed by atoms with E-state index in [9.17, 15) is 13.5 Å². The SMILES string of the molecule is CCN(CC(C)C)S(=O)(=O)c1c(C)csc1CO. The molecule has 0 saturated carbocycles. The van der Waals surface area contributed by atoms with Crippen LogP contribution in [-0.2, 0) is 16.6 Å². The molecule has 104 valence electrons. The van der Waals surface area contributed by atoms with Crippen LogP contribution in [0.4, 0.5) is 0 Å². The molecular formula is C12H21NO3S2. The molecular weight excluding hydrogens is 270 g/mol. The van der Waals surface area contributed by atoms with Crippen molar-refractivity contribution < 1.29 is 13.5 Å². The first kappa shape index (κ1) is 15.6. The minimum absolute atomic E-state index is 0.230. The van der Waals surface area contributed by atoms with Crippen molar-refractivity contribution in [3.05, 3.63) is 15.8 Å². The average molecular weight is 291 g/mol. The third kappa shape index (κ3) is 3.12. The van der Waals surface area contributed by atoms with Crippen molar-refractivity contribution in [3.63, 3.8) is 0 Å². The fourth-order valence-electron chi connectivity index (χ4n) is 1.88. The van der Waals surface area contributed by atoms with Crippen LogP contribution in [0.1, 0.15) is 31.2 Å². The molecule has 0 radical (unpaired) electrons. The molecule has 0 fully saturated rings. The smallest absolute Gasteiger partial charge is 0.244 e. The maximum atomic E-state index is 12.6. The normalized spacial score (nSPS) is 12.6. The Morgan fingerprint density at radius 3 is 2.50 bits per heavy atom. The van der Waals surface area contributed by atoms with Gasteiger partial charge < -0.3 is 5.11 Å². The Kier molecular flexibility index (Phi) is 5.33. The summed E-state index contributed by atoms with van der Waals surface area (Å²) in [6.45, 7) is 8.30. The van der Waals surface area contributed by atoms with Crippen LogP contribution < -0.4 is 0 Å². The molecule has 0 amide bonds. The third-order valence-corrected chi connectivity index (χ3v) is 6.04. The van der Waals surface area contributed by atoms with Crippen LogP contribution in [0.3, 0.4) is 0 Å². The predicted molar refractivity (Wildman–Crippen MR) is 74.2 cm³/mol. The Morgan fingerprint density at radius 2 is 2.06 bits per heavy atom. The van der Waals surface area contributed by atoms with Crippen LogP contribution in [0, 0.1) is 12.8 Å². The van der Waals surface area contributed by atoms with E-state index in [1.165, 1.54) is 15.6 Å². The van der Waals surface area contributed by atoms with Gasteiger partial charge in [0.05, 0.1) is 11.5 Å². The number of sulfonamides is 1. The molecule has 1 aromatic rings. The number of aryl methyl sites for hydroxylation is 1. The molecule has 1 rings (SSSR count). The van der Waals surface area contributed by atoms with Gasteiger partial charge in [-0.2, -0.15) is 4.31 Å². The quantitative estimate of drug-likeness (QED) is 0.874. The summed E-state index contributed by atoms with van der Waals surface area (Å²) in [6.07, 6.45) is 0. The lowest BCUT2D eigenvalue weighted by Gasteiger charge is -2.23. The zero-order valence-electron chi connectivity index (χ0n) is 11.3. The van der Waals surface area contributed by atoms with E-state index in [0.29, 0.717) is 23.5 Å². The van der Waals surface area contributed by atoms with Gasteiger partial charge in [0.1, 0.15) is 4.90 Å². The molecule has 0 aliphatic rings. The lowest BCUT2D eigenvalue weighted by atomic mass is 10.2. The van der Waals surface area contributed by atoms with E-state index in [1.807, 2.05) is 20.8 Å². The van der Waals surface area contributed by atoms with Crippen molar-refractivity contribution in [1.82, 2.24) is 4.31 Å². The van der Waals surface area contributed by atoms with Crippen LogP contribution in [0.15, 0.2) is 10.3 Å². The fraction of sp³-hybridized carbons (Fsp3) is 0.667. The molecule has 18 heavy (non-hydrogen) atoms. The summed E-state index contributed by atoms with van der Waals surface area (Å²) >= 11 is 1.29. The van der Waals surface area contributed by atoms with E-state index in [2.05, 4.69) is 0 Å². The van der Waals surface area contributed by atoms with Gasteiger partial charge in [-0.1, -0.05) is 20.8 Å². The Hall–Kier alpha value is -0.430. The van der Waals surface area contributed by atoms with E-state index in [0.717, 1.165) is 0 Å². The summed E-state index contributed by atoms with van der Waals surface area (Å²) < 4.78 is 26.6. The van der Waals surface area contributed by atoms with Gasteiger partial charge in [-0.05, 0) is 23.8 Å². The molecule has 0 aromatic carbocycles. The minimum atomic E-state index is -3.49. The third-order valence-electron chi connectivity index (χ3n) is 2.65. The zero-order valence-corrected chi connectivity index (χ0v) is 12.9. The summed E-state index contributed by atoms with van der Waals surface area (Å²) in [4.78, 5) is 0.812. The molecule has 1 N–H and O–H groups in total. The largest absolute Gasteiger partial charge is 0.391 e. The van der Waals surface area contributed by atoms with Crippen LogP contribution in [0.2, 0.25) is 0 Å². The van der Waals surface area contributed by atoms with Crippen LogP contribution in [0.25, 0.3) is 0 Å². The van der Waals surface area contributed by atoms with Crippen LogP contribution in [-0.4, -0.2) is 30.9 Å². The number of aliphatic hydroxyl groups excluding tert-OH is 1. The van der Waals surface area contributed by atoms with Gasteiger partial charge in [0.15, 0.2) is 0 Å². The molecule has 0 unspecified atom stereocenters. The predicted octanol–water partition coefficient (Wildman–Crippen LogP) is 2.22. The Balaban J connectivity index is 3.22. The zero-order chi connectivity index (χ0) is 13.9. The van der Waals surface area contributed by atoms with Gasteiger partial charge in [0.25, 0.3) is 0 Å². The summed E-state index contributed by atoms with van der Waals surface area (Å²) in [5, 5.41) is 11.0.